The van der Waals surface area contributed by atoms with Gasteiger partial charge in [-0.3, -0.25) is 0 Å². The molecule has 8 heteroatoms. The highest BCUT2D eigenvalue weighted by atomic mass is 32.2. The van der Waals surface area contributed by atoms with E-state index in [1.807, 2.05) is 7.05 Å². The molecule has 2 aliphatic rings. The number of likely N-dealkylation sites (tertiary alicyclic amines) is 1. The maximum absolute atomic E-state index is 12.1. The lowest BCUT2D eigenvalue weighted by atomic mass is 10.0. The van der Waals surface area contributed by atoms with E-state index in [0.29, 0.717) is 13.1 Å². The van der Waals surface area contributed by atoms with Crippen LogP contribution in [0.25, 0.3) is 0 Å². The van der Waals surface area contributed by atoms with E-state index in [-0.39, 0.29) is 11.8 Å². The number of alkyl halides is 3. The monoisotopic (exact) mass is 286 g/mol. The molecular formula is C10H17F3N2O2S. The van der Waals surface area contributed by atoms with Gasteiger partial charge >= 0.3 is 6.18 Å². The zero-order valence-corrected chi connectivity index (χ0v) is 11.0. The summed E-state index contributed by atoms with van der Waals surface area (Å²) < 4.78 is 61.0. The Hall–Kier alpha value is -0.340. The maximum atomic E-state index is 12.1. The maximum Gasteiger partial charge on any atom is 0.390 e. The predicted molar refractivity (Wildman–Crippen MR) is 60.5 cm³/mol. The molecule has 0 radical (unpaired) electrons. The lowest BCUT2D eigenvalue weighted by molar-refractivity contribution is -0.130. The predicted octanol–water partition coefficient (Wildman–Crippen LogP) is 0.762. The van der Waals surface area contributed by atoms with Crippen LogP contribution in [-0.4, -0.2) is 62.8 Å². The van der Waals surface area contributed by atoms with E-state index in [2.05, 4.69) is 4.90 Å². The Morgan fingerprint density at radius 1 is 1.11 bits per heavy atom. The molecule has 2 aliphatic heterocycles. The van der Waals surface area contributed by atoms with Crippen LogP contribution in [0.3, 0.4) is 0 Å². The Kier molecular flexibility index (Phi) is 3.63. The molecule has 0 amide bonds. The van der Waals surface area contributed by atoms with Crippen molar-refractivity contribution in [2.45, 2.75) is 12.6 Å². The van der Waals surface area contributed by atoms with Crippen LogP contribution in [0, 0.1) is 11.8 Å². The summed E-state index contributed by atoms with van der Waals surface area (Å²) in [7, 11) is -1.78. The zero-order chi connectivity index (χ0) is 13.6. The molecule has 2 fully saturated rings. The van der Waals surface area contributed by atoms with Crippen LogP contribution in [0.1, 0.15) is 6.42 Å². The van der Waals surface area contributed by atoms with E-state index >= 15 is 0 Å². The highest BCUT2D eigenvalue weighted by molar-refractivity contribution is 7.89. The number of hydrogen-bond donors (Lipinski definition) is 0. The van der Waals surface area contributed by atoms with Crippen LogP contribution in [0.15, 0.2) is 0 Å². The van der Waals surface area contributed by atoms with Crippen molar-refractivity contribution in [1.29, 1.82) is 0 Å². The first-order valence-electron chi connectivity index (χ1n) is 5.90. The molecule has 0 saturated carbocycles. The first-order chi connectivity index (χ1) is 8.17. The minimum absolute atomic E-state index is 0.274. The molecule has 2 heterocycles. The Morgan fingerprint density at radius 2 is 1.61 bits per heavy atom. The number of nitrogens with zero attached hydrogens (tertiary/aromatic N) is 2. The molecule has 0 aromatic heterocycles. The van der Waals surface area contributed by atoms with Crippen molar-refractivity contribution in [2.24, 2.45) is 11.8 Å². The van der Waals surface area contributed by atoms with Crippen molar-refractivity contribution >= 4 is 10.0 Å². The number of sulfonamides is 1. The van der Waals surface area contributed by atoms with E-state index in [1.165, 1.54) is 4.31 Å². The summed E-state index contributed by atoms with van der Waals surface area (Å²) in [5.74, 6) is -0.280. The van der Waals surface area contributed by atoms with Gasteiger partial charge in [0.1, 0.15) is 0 Å². The van der Waals surface area contributed by atoms with E-state index < -0.39 is 28.4 Å². The molecule has 0 N–H and O–H groups in total. The summed E-state index contributed by atoms with van der Waals surface area (Å²) in [6.45, 7) is 2.40. The second-order valence-electron chi connectivity index (χ2n) is 5.24. The molecule has 4 nitrogen and oxygen atoms in total. The van der Waals surface area contributed by atoms with Crippen LogP contribution >= 0.6 is 0 Å². The molecular weight excluding hydrogens is 269 g/mol. The Labute approximate surface area is 105 Å². The second-order valence-corrected chi connectivity index (χ2v) is 7.33. The molecule has 106 valence electrons. The van der Waals surface area contributed by atoms with Crippen molar-refractivity contribution in [3.63, 3.8) is 0 Å². The van der Waals surface area contributed by atoms with Crippen LogP contribution in [-0.2, 0) is 10.0 Å². The molecule has 2 rings (SSSR count). The van der Waals surface area contributed by atoms with Crippen molar-refractivity contribution in [1.82, 2.24) is 9.21 Å². The fraction of sp³-hybridized carbons (Fsp3) is 1.00. The third-order valence-corrected chi connectivity index (χ3v) is 5.48. The average molecular weight is 286 g/mol. The second kappa shape index (κ2) is 4.64. The topological polar surface area (TPSA) is 40.6 Å². The van der Waals surface area contributed by atoms with Crippen molar-refractivity contribution in [3.8, 4) is 0 Å². The Balaban J connectivity index is 1.93. The normalized spacial score (nSPS) is 30.9. The molecule has 18 heavy (non-hydrogen) atoms. The van der Waals surface area contributed by atoms with Gasteiger partial charge in [-0.2, -0.15) is 13.2 Å². The lowest BCUT2D eigenvalue weighted by Gasteiger charge is -2.19. The first kappa shape index (κ1) is 14.1. The van der Waals surface area contributed by atoms with Gasteiger partial charge in [0.25, 0.3) is 0 Å². The van der Waals surface area contributed by atoms with Gasteiger partial charge in [-0.05, 0) is 18.9 Å². The summed E-state index contributed by atoms with van der Waals surface area (Å²) in [6, 6.07) is 0. The van der Waals surface area contributed by atoms with Crippen molar-refractivity contribution < 1.29 is 21.6 Å². The first-order valence-corrected chi connectivity index (χ1v) is 7.51. The van der Waals surface area contributed by atoms with Gasteiger partial charge in [0.15, 0.2) is 0 Å². The van der Waals surface area contributed by atoms with Crippen molar-refractivity contribution in [3.05, 3.63) is 0 Å². The summed E-state index contributed by atoms with van der Waals surface area (Å²) in [4.78, 5) is 2.13. The molecule has 0 bridgehead atoms. The number of hydrogen-bond acceptors (Lipinski definition) is 3. The minimum Gasteiger partial charge on any atom is -0.306 e. The Bertz CT molecular complexity index is 396. The van der Waals surface area contributed by atoms with Gasteiger partial charge in [-0.15, -0.1) is 0 Å². The van der Waals surface area contributed by atoms with E-state index in [9.17, 15) is 21.6 Å². The van der Waals surface area contributed by atoms with Gasteiger partial charge < -0.3 is 4.90 Å². The van der Waals surface area contributed by atoms with Gasteiger partial charge in [0.2, 0.25) is 10.0 Å². The number of fused-ring (bicyclic) bond motifs is 1. The molecule has 0 aliphatic carbocycles. The number of halogens is 3. The van der Waals surface area contributed by atoms with Gasteiger partial charge in [-0.25, -0.2) is 12.7 Å². The van der Waals surface area contributed by atoms with E-state index in [0.717, 1.165) is 13.1 Å². The summed E-state index contributed by atoms with van der Waals surface area (Å²) in [5, 5.41) is 0. The van der Waals surface area contributed by atoms with E-state index in [1.54, 1.807) is 0 Å². The third kappa shape index (κ3) is 3.16. The van der Waals surface area contributed by atoms with Crippen molar-refractivity contribution in [2.75, 3.05) is 39.0 Å². The fourth-order valence-electron chi connectivity index (χ4n) is 2.79. The summed E-state index contributed by atoms with van der Waals surface area (Å²) >= 11 is 0. The third-order valence-electron chi connectivity index (χ3n) is 3.67. The summed E-state index contributed by atoms with van der Waals surface area (Å²) in [6.07, 6.45) is -5.68. The largest absolute Gasteiger partial charge is 0.390 e. The van der Waals surface area contributed by atoms with E-state index in [4.69, 9.17) is 0 Å². The van der Waals surface area contributed by atoms with Crippen LogP contribution in [0.4, 0.5) is 13.2 Å². The van der Waals surface area contributed by atoms with Gasteiger partial charge in [-0.1, -0.05) is 0 Å². The lowest BCUT2D eigenvalue weighted by Crippen LogP contribution is -2.35. The Morgan fingerprint density at radius 3 is 2.06 bits per heavy atom. The molecule has 2 atom stereocenters. The molecule has 2 saturated heterocycles. The molecule has 2 unspecified atom stereocenters. The number of rotatable bonds is 3. The van der Waals surface area contributed by atoms with Gasteiger partial charge in [0, 0.05) is 26.2 Å². The summed E-state index contributed by atoms with van der Waals surface area (Å²) in [5.41, 5.74) is 0. The van der Waals surface area contributed by atoms with Crippen LogP contribution in [0.2, 0.25) is 0 Å². The molecule has 0 aromatic rings. The highest BCUT2D eigenvalue weighted by Gasteiger charge is 2.43. The van der Waals surface area contributed by atoms with Crippen LogP contribution in [0.5, 0.6) is 0 Å². The minimum atomic E-state index is -4.41. The average Bonchev–Trinajstić information content (AvgIpc) is 2.71. The highest BCUT2D eigenvalue weighted by Crippen LogP contribution is 2.32. The molecule has 0 spiro atoms. The smallest absolute Gasteiger partial charge is 0.306 e. The fourth-order valence-corrected chi connectivity index (χ4v) is 4.37. The standard InChI is InChI=1S/C10H17F3N2O2S/c1-14-4-8-6-15(7-9(8)5-14)18(16,17)3-2-10(11,12)13/h8-9H,2-7H2,1H3. The quantitative estimate of drug-likeness (QED) is 0.769. The van der Waals surface area contributed by atoms with Gasteiger partial charge in [0.05, 0.1) is 12.2 Å². The zero-order valence-electron chi connectivity index (χ0n) is 10.2. The molecule has 0 aromatic carbocycles. The van der Waals surface area contributed by atoms with Crippen LogP contribution < -0.4 is 0 Å². The SMILES string of the molecule is CN1CC2CN(S(=O)(=O)CCC(F)(F)F)CC2C1.